The Bertz CT molecular complexity index is 1100. The molecule has 0 spiro atoms. The Kier molecular flexibility index (Phi) is 5.58. The number of nitrogens with zero attached hydrogens (tertiary/aromatic N) is 1. The smallest absolute Gasteiger partial charge is 0.229 e. The summed E-state index contributed by atoms with van der Waals surface area (Å²) in [5.41, 5.74) is 3.94. The maximum absolute atomic E-state index is 12.8. The van der Waals surface area contributed by atoms with Gasteiger partial charge in [0, 0.05) is 27.9 Å². The van der Waals surface area contributed by atoms with Crippen molar-refractivity contribution in [1.82, 2.24) is 9.97 Å². The number of anilines is 1. The number of carbonyl (C=O) groups excluding carboxylic acids is 1. The number of sulfonamides is 1. The van der Waals surface area contributed by atoms with E-state index in [0.29, 0.717) is 22.0 Å². The summed E-state index contributed by atoms with van der Waals surface area (Å²) in [6, 6.07) is 12.1. The van der Waals surface area contributed by atoms with Gasteiger partial charge in [0.2, 0.25) is 15.8 Å². The number of aryl methyl sites for hydroxylation is 1. The van der Waals surface area contributed by atoms with E-state index in [-0.39, 0.29) is 11.7 Å². The molecule has 0 saturated heterocycles. The van der Waals surface area contributed by atoms with Crippen LogP contribution in [0.25, 0.3) is 0 Å². The predicted molar refractivity (Wildman–Crippen MR) is 111 cm³/mol. The number of hydrogen-bond acceptors (Lipinski definition) is 4. The average molecular weight is 418 g/mol. The first-order chi connectivity index (χ1) is 13.1. The summed E-state index contributed by atoms with van der Waals surface area (Å²) in [5, 5.41) is 0.578. The molecule has 6 nitrogen and oxygen atoms in total. The van der Waals surface area contributed by atoms with Crippen molar-refractivity contribution in [3.05, 3.63) is 81.9 Å². The summed E-state index contributed by atoms with van der Waals surface area (Å²) in [7, 11) is -3.35. The van der Waals surface area contributed by atoms with Gasteiger partial charge in [0.15, 0.2) is 0 Å². The van der Waals surface area contributed by atoms with Gasteiger partial charge in [-0.3, -0.25) is 14.5 Å². The van der Waals surface area contributed by atoms with Crippen LogP contribution in [0.1, 0.15) is 45.8 Å². The summed E-state index contributed by atoms with van der Waals surface area (Å²) in [6.45, 7) is 3.84. The molecule has 2 aromatic heterocycles. The lowest BCUT2D eigenvalue weighted by Crippen LogP contribution is -2.10. The minimum atomic E-state index is -3.35. The number of H-pyrrole nitrogens is 1. The molecule has 0 aliphatic heterocycles. The fourth-order valence-electron chi connectivity index (χ4n) is 2.89. The Morgan fingerprint density at radius 3 is 2.43 bits per heavy atom. The number of ketones is 1. The molecular formula is C20H20ClN3O3S. The molecule has 1 atom stereocenters. The first kappa shape index (κ1) is 20.1. The van der Waals surface area contributed by atoms with E-state index in [9.17, 15) is 13.2 Å². The van der Waals surface area contributed by atoms with Crippen LogP contribution in [0.15, 0.2) is 48.7 Å². The molecular weight excluding hydrogens is 398 g/mol. The quantitative estimate of drug-likeness (QED) is 0.590. The third-order valence-corrected chi connectivity index (χ3v) is 5.23. The molecule has 0 amide bonds. The minimum Gasteiger partial charge on any atom is -0.355 e. The van der Waals surface area contributed by atoms with Gasteiger partial charge in [-0.1, -0.05) is 18.5 Å². The highest BCUT2D eigenvalue weighted by atomic mass is 35.5. The second kappa shape index (κ2) is 7.77. The molecule has 1 aromatic carbocycles. The molecule has 0 bridgehead atoms. The van der Waals surface area contributed by atoms with Crippen LogP contribution in [-0.4, -0.2) is 30.4 Å². The molecule has 2 N–H and O–H groups in total. The van der Waals surface area contributed by atoms with Crippen molar-refractivity contribution >= 4 is 33.1 Å². The number of carbonyl (C=O) groups is 1. The average Bonchev–Trinajstić information content (AvgIpc) is 3.02. The second-order valence-corrected chi connectivity index (χ2v) is 8.87. The highest BCUT2D eigenvalue weighted by molar-refractivity contribution is 7.92. The van der Waals surface area contributed by atoms with Crippen molar-refractivity contribution in [2.75, 3.05) is 11.0 Å². The van der Waals surface area contributed by atoms with E-state index in [1.165, 1.54) is 6.20 Å². The Labute approximate surface area is 169 Å². The van der Waals surface area contributed by atoms with Gasteiger partial charge in [-0.05, 0) is 55.0 Å². The number of halogens is 1. The zero-order valence-electron chi connectivity index (χ0n) is 15.7. The van der Waals surface area contributed by atoms with Crippen molar-refractivity contribution < 1.29 is 13.2 Å². The fraction of sp³-hybridized carbons (Fsp3) is 0.200. The van der Waals surface area contributed by atoms with Crippen LogP contribution in [0.3, 0.4) is 0 Å². The number of benzene rings is 1. The molecule has 0 saturated carbocycles. The number of aromatic nitrogens is 2. The molecule has 0 fully saturated rings. The molecule has 0 radical (unpaired) electrons. The van der Waals surface area contributed by atoms with E-state index in [2.05, 4.69) is 14.7 Å². The van der Waals surface area contributed by atoms with E-state index in [1.807, 2.05) is 19.9 Å². The second-order valence-electron chi connectivity index (χ2n) is 6.69. The molecule has 8 heteroatoms. The van der Waals surface area contributed by atoms with Crippen LogP contribution in [0.5, 0.6) is 0 Å². The lowest BCUT2D eigenvalue weighted by atomic mass is 10.0. The van der Waals surface area contributed by atoms with E-state index in [4.69, 9.17) is 11.6 Å². The maximum Gasteiger partial charge on any atom is 0.229 e. The maximum atomic E-state index is 12.8. The van der Waals surface area contributed by atoms with E-state index in [1.54, 1.807) is 36.4 Å². The van der Waals surface area contributed by atoms with Gasteiger partial charge in [0.05, 0.1) is 23.8 Å². The van der Waals surface area contributed by atoms with Gasteiger partial charge in [0.1, 0.15) is 0 Å². The Hall–Kier alpha value is -2.64. The standard InChI is InChI=1S/C20H20ClN3O3S/c1-12-10-18(23-19(12)20(25)14-4-6-15(21)7-5-14)13(2)17-9-8-16(11-22-17)24-28(3,26)27/h4-11,13,23-24H,1-3H3. The first-order valence-corrected chi connectivity index (χ1v) is 10.8. The van der Waals surface area contributed by atoms with Crippen molar-refractivity contribution in [3.8, 4) is 0 Å². The molecule has 28 heavy (non-hydrogen) atoms. The van der Waals surface area contributed by atoms with Crippen molar-refractivity contribution in [2.45, 2.75) is 19.8 Å². The van der Waals surface area contributed by atoms with Crippen LogP contribution < -0.4 is 4.72 Å². The fourth-order valence-corrected chi connectivity index (χ4v) is 3.57. The third-order valence-electron chi connectivity index (χ3n) is 4.37. The monoisotopic (exact) mass is 417 g/mol. The van der Waals surface area contributed by atoms with Crippen molar-refractivity contribution in [2.24, 2.45) is 0 Å². The summed E-state index contributed by atoms with van der Waals surface area (Å²) in [5.74, 6) is -0.203. The summed E-state index contributed by atoms with van der Waals surface area (Å²) < 4.78 is 25.0. The Morgan fingerprint density at radius 2 is 1.86 bits per heavy atom. The summed E-state index contributed by atoms with van der Waals surface area (Å²) >= 11 is 5.89. The summed E-state index contributed by atoms with van der Waals surface area (Å²) in [6.07, 6.45) is 2.56. The van der Waals surface area contributed by atoms with Gasteiger partial charge in [0.25, 0.3) is 0 Å². The van der Waals surface area contributed by atoms with Crippen LogP contribution in [0, 0.1) is 6.92 Å². The van der Waals surface area contributed by atoms with Gasteiger partial charge < -0.3 is 4.98 Å². The predicted octanol–water partition coefficient (Wildman–Crippen LogP) is 4.13. The number of pyridine rings is 1. The van der Waals surface area contributed by atoms with Gasteiger partial charge in [-0.25, -0.2) is 8.42 Å². The molecule has 3 aromatic rings. The summed E-state index contributed by atoms with van der Waals surface area (Å²) in [4.78, 5) is 20.3. The number of rotatable bonds is 6. The third kappa shape index (κ3) is 4.61. The molecule has 146 valence electrons. The van der Waals surface area contributed by atoms with Gasteiger partial charge in [-0.15, -0.1) is 0 Å². The number of aromatic amines is 1. The largest absolute Gasteiger partial charge is 0.355 e. The highest BCUT2D eigenvalue weighted by Gasteiger charge is 2.19. The first-order valence-electron chi connectivity index (χ1n) is 8.57. The topological polar surface area (TPSA) is 91.9 Å². The molecule has 0 aliphatic carbocycles. The SMILES string of the molecule is Cc1cc(C(C)c2ccc(NS(C)(=O)=O)cn2)[nH]c1C(=O)c1ccc(Cl)cc1. The van der Waals surface area contributed by atoms with Gasteiger partial charge >= 0.3 is 0 Å². The van der Waals surface area contributed by atoms with Crippen LogP contribution in [-0.2, 0) is 10.0 Å². The lowest BCUT2D eigenvalue weighted by Gasteiger charge is -2.10. The van der Waals surface area contributed by atoms with Gasteiger partial charge in [-0.2, -0.15) is 0 Å². The van der Waals surface area contributed by atoms with E-state index < -0.39 is 10.0 Å². The zero-order valence-corrected chi connectivity index (χ0v) is 17.2. The molecule has 3 rings (SSSR count). The van der Waals surface area contributed by atoms with Crippen LogP contribution in [0.2, 0.25) is 5.02 Å². The van der Waals surface area contributed by atoms with Crippen molar-refractivity contribution in [3.63, 3.8) is 0 Å². The molecule has 2 heterocycles. The number of nitrogens with one attached hydrogen (secondary N) is 2. The minimum absolute atomic E-state index is 0.0993. The van der Waals surface area contributed by atoms with E-state index >= 15 is 0 Å². The van der Waals surface area contributed by atoms with E-state index in [0.717, 1.165) is 23.2 Å². The lowest BCUT2D eigenvalue weighted by molar-refractivity contribution is 0.103. The Morgan fingerprint density at radius 1 is 1.18 bits per heavy atom. The molecule has 1 unspecified atom stereocenters. The molecule has 0 aliphatic rings. The normalized spacial score (nSPS) is 12.6. The zero-order chi connectivity index (χ0) is 20.5. The Balaban J connectivity index is 1.83. The van der Waals surface area contributed by atoms with Crippen LogP contribution >= 0.6 is 11.6 Å². The number of hydrogen-bond donors (Lipinski definition) is 2. The van der Waals surface area contributed by atoms with Crippen LogP contribution in [0.4, 0.5) is 5.69 Å². The van der Waals surface area contributed by atoms with Crippen molar-refractivity contribution in [1.29, 1.82) is 0 Å². The highest BCUT2D eigenvalue weighted by Crippen LogP contribution is 2.26.